The second kappa shape index (κ2) is 5.20. The van der Waals surface area contributed by atoms with Gasteiger partial charge in [0.05, 0.1) is 0 Å². The first-order valence-electron chi connectivity index (χ1n) is 4.83. The Kier molecular flexibility index (Phi) is 3.93. The molecular weight excluding hydrogens is 210 g/mol. The van der Waals surface area contributed by atoms with Gasteiger partial charge in [0.1, 0.15) is 11.6 Å². The zero-order valence-corrected chi connectivity index (χ0v) is 9.30. The number of hydrogen-bond acceptors (Lipinski definition) is 4. The van der Waals surface area contributed by atoms with Crippen molar-refractivity contribution in [2.45, 2.75) is 13.3 Å². The number of furan rings is 1. The van der Waals surface area contributed by atoms with Crippen LogP contribution in [0.4, 0.5) is 0 Å². The van der Waals surface area contributed by atoms with Crippen LogP contribution in [0.2, 0.25) is 0 Å². The standard InChI is InChI=1S/C10H15N3O3/c1-7-3-4-8(16-7)10(14)13(2)6-5-9(11)12-15/h3-4,15H,5-6H2,1-2H3,(H2,11,12). The predicted octanol–water partition coefficient (Wildman–Crippen LogP) is 0.797. The molecule has 0 bridgehead atoms. The summed E-state index contributed by atoms with van der Waals surface area (Å²) in [6.07, 6.45) is 0.318. The van der Waals surface area contributed by atoms with E-state index in [4.69, 9.17) is 15.4 Å². The van der Waals surface area contributed by atoms with Gasteiger partial charge in [-0.3, -0.25) is 4.79 Å². The smallest absolute Gasteiger partial charge is 0.289 e. The fourth-order valence-electron chi connectivity index (χ4n) is 1.17. The van der Waals surface area contributed by atoms with Gasteiger partial charge >= 0.3 is 0 Å². The Bertz CT molecular complexity index is 398. The molecule has 0 saturated carbocycles. The predicted molar refractivity (Wildman–Crippen MR) is 58.4 cm³/mol. The Balaban J connectivity index is 2.54. The van der Waals surface area contributed by atoms with Gasteiger partial charge in [-0.15, -0.1) is 0 Å². The molecule has 0 fully saturated rings. The number of carbonyl (C=O) groups is 1. The van der Waals surface area contributed by atoms with Crippen molar-refractivity contribution in [3.63, 3.8) is 0 Å². The maximum atomic E-state index is 11.7. The highest BCUT2D eigenvalue weighted by Crippen LogP contribution is 2.08. The fourth-order valence-corrected chi connectivity index (χ4v) is 1.17. The minimum atomic E-state index is -0.223. The van der Waals surface area contributed by atoms with Crippen LogP contribution >= 0.6 is 0 Å². The summed E-state index contributed by atoms with van der Waals surface area (Å²) >= 11 is 0. The molecule has 0 aliphatic rings. The molecular formula is C10H15N3O3. The molecule has 16 heavy (non-hydrogen) atoms. The van der Waals surface area contributed by atoms with E-state index in [1.165, 1.54) is 4.90 Å². The zero-order valence-electron chi connectivity index (χ0n) is 9.30. The summed E-state index contributed by atoms with van der Waals surface area (Å²) in [6, 6.07) is 3.35. The van der Waals surface area contributed by atoms with Gasteiger partial charge in [0.15, 0.2) is 5.76 Å². The molecule has 1 heterocycles. The number of oxime groups is 1. The van der Waals surface area contributed by atoms with E-state index in [2.05, 4.69) is 5.16 Å². The summed E-state index contributed by atoms with van der Waals surface area (Å²) in [6.45, 7) is 2.14. The maximum Gasteiger partial charge on any atom is 0.289 e. The first-order valence-corrected chi connectivity index (χ1v) is 4.83. The van der Waals surface area contributed by atoms with Crippen molar-refractivity contribution in [2.75, 3.05) is 13.6 Å². The molecule has 6 nitrogen and oxygen atoms in total. The van der Waals surface area contributed by atoms with Crippen LogP contribution in [0.5, 0.6) is 0 Å². The highest BCUT2D eigenvalue weighted by molar-refractivity contribution is 5.91. The molecule has 0 aromatic carbocycles. The Labute approximate surface area is 93.3 Å². The molecule has 0 unspecified atom stereocenters. The first kappa shape index (κ1) is 12.1. The topological polar surface area (TPSA) is 92.1 Å². The third kappa shape index (κ3) is 3.01. The van der Waals surface area contributed by atoms with Crippen molar-refractivity contribution in [3.8, 4) is 0 Å². The molecule has 1 aromatic heterocycles. The molecule has 1 rings (SSSR count). The SMILES string of the molecule is Cc1ccc(C(=O)N(C)CC/C(N)=N/O)o1. The summed E-state index contributed by atoms with van der Waals surface area (Å²) in [4.78, 5) is 13.2. The first-order chi connectivity index (χ1) is 7.54. The Morgan fingerprint density at radius 3 is 2.81 bits per heavy atom. The largest absolute Gasteiger partial charge is 0.456 e. The summed E-state index contributed by atoms with van der Waals surface area (Å²) in [5.41, 5.74) is 5.30. The maximum absolute atomic E-state index is 11.7. The summed E-state index contributed by atoms with van der Waals surface area (Å²) in [5, 5.41) is 11.2. The number of aryl methyl sites for hydroxylation is 1. The second-order valence-electron chi connectivity index (χ2n) is 3.48. The van der Waals surface area contributed by atoms with Crippen LogP contribution in [0.15, 0.2) is 21.7 Å². The normalized spacial score (nSPS) is 11.5. The minimum absolute atomic E-state index is 0.0928. The third-order valence-electron chi connectivity index (χ3n) is 2.13. The second-order valence-corrected chi connectivity index (χ2v) is 3.48. The van der Waals surface area contributed by atoms with Gasteiger partial charge in [0.25, 0.3) is 5.91 Å². The lowest BCUT2D eigenvalue weighted by Crippen LogP contribution is -2.30. The monoisotopic (exact) mass is 225 g/mol. The summed E-state index contributed by atoms with van der Waals surface area (Å²) in [5.74, 6) is 0.849. The number of hydrogen-bond donors (Lipinski definition) is 2. The van der Waals surface area contributed by atoms with Crippen molar-refractivity contribution in [2.24, 2.45) is 10.9 Å². The van der Waals surface area contributed by atoms with Gasteiger partial charge < -0.3 is 20.3 Å². The number of nitrogens with two attached hydrogens (primary N) is 1. The molecule has 6 heteroatoms. The molecule has 0 radical (unpaired) electrons. The van der Waals surface area contributed by atoms with Crippen LogP contribution < -0.4 is 5.73 Å². The molecule has 0 atom stereocenters. The van der Waals surface area contributed by atoms with Crippen LogP contribution in [-0.4, -0.2) is 35.4 Å². The number of carbonyl (C=O) groups excluding carboxylic acids is 1. The molecule has 0 spiro atoms. The minimum Gasteiger partial charge on any atom is -0.456 e. The lowest BCUT2D eigenvalue weighted by molar-refractivity contribution is 0.0765. The van der Waals surface area contributed by atoms with Gasteiger partial charge in [0, 0.05) is 20.0 Å². The molecule has 1 amide bonds. The number of amides is 1. The molecule has 1 aromatic rings. The summed E-state index contributed by atoms with van der Waals surface area (Å²) < 4.78 is 5.20. The van der Waals surface area contributed by atoms with Crippen LogP contribution in [0.25, 0.3) is 0 Å². The lowest BCUT2D eigenvalue weighted by Gasteiger charge is -2.14. The highest BCUT2D eigenvalue weighted by Gasteiger charge is 2.15. The lowest BCUT2D eigenvalue weighted by atomic mass is 10.3. The van der Waals surface area contributed by atoms with Crippen molar-refractivity contribution < 1.29 is 14.4 Å². The van der Waals surface area contributed by atoms with E-state index < -0.39 is 0 Å². The molecule has 0 saturated heterocycles. The Morgan fingerprint density at radius 1 is 1.62 bits per heavy atom. The number of amidine groups is 1. The fraction of sp³-hybridized carbons (Fsp3) is 0.400. The van der Waals surface area contributed by atoms with E-state index >= 15 is 0 Å². The average Bonchev–Trinajstić information content (AvgIpc) is 2.71. The van der Waals surface area contributed by atoms with E-state index in [0.29, 0.717) is 24.5 Å². The molecule has 0 aliphatic carbocycles. The highest BCUT2D eigenvalue weighted by atomic mass is 16.4. The van der Waals surface area contributed by atoms with Crippen LogP contribution in [0.1, 0.15) is 22.7 Å². The molecule has 0 aliphatic heterocycles. The molecule has 88 valence electrons. The van der Waals surface area contributed by atoms with E-state index in [1.54, 1.807) is 26.1 Å². The van der Waals surface area contributed by atoms with Gasteiger partial charge in [0.2, 0.25) is 0 Å². The van der Waals surface area contributed by atoms with Crippen molar-refractivity contribution in [1.29, 1.82) is 0 Å². The third-order valence-corrected chi connectivity index (χ3v) is 2.13. The van der Waals surface area contributed by atoms with Crippen LogP contribution in [0.3, 0.4) is 0 Å². The van der Waals surface area contributed by atoms with E-state index in [0.717, 1.165) is 0 Å². The van der Waals surface area contributed by atoms with Crippen LogP contribution in [-0.2, 0) is 0 Å². The average molecular weight is 225 g/mol. The number of rotatable bonds is 4. The van der Waals surface area contributed by atoms with Crippen molar-refractivity contribution in [3.05, 3.63) is 23.7 Å². The van der Waals surface area contributed by atoms with E-state index in [-0.39, 0.29) is 11.7 Å². The summed E-state index contributed by atoms with van der Waals surface area (Å²) in [7, 11) is 1.63. The van der Waals surface area contributed by atoms with Crippen molar-refractivity contribution in [1.82, 2.24) is 4.90 Å². The number of nitrogens with zero attached hydrogens (tertiary/aromatic N) is 2. The van der Waals surface area contributed by atoms with Gasteiger partial charge in [-0.05, 0) is 19.1 Å². The van der Waals surface area contributed by atoms with Crippen molar-refractivity contribution >= 4 is 11.7 Å². The van der Waals surface area contributed by atoms with E-state index in [1.807, 2.05) is 0 Å². The Morgan fingerprint density at radius 2 is 2.31 bits per heavy atom. The van der Waals surface area contributed by atoms with Gasteiger partial charge in [-0.1, -0.05) is 5.16 Å². The zero-order chi connectivity index (χ0) is 12.1. The van der Waals surface area contributed by atoms with Gasteiger partial charge in [-0.25, -0.2) is 0 Å². The van der Waals surface area contributed by atoms with Gasteiger partial charge in [-0.2, -0.15) is 0 Å². The molecule has 3 N–H and O–H groups in total. The quantitative estimate of drug-likeness (QED) is 0.343. The van der Waals surface area contributed by atoms with E-state index in [9.17, 15) is 4.79 Å². The Hall–Kier alpha value is -1.98. The van der Waals surface area contributed by atoms with Crippen LogP contribution in [0, 0.1) is 6.92 Å².